The third kappa shape index (κ3) is 6.10. The van der Waals surface area contributed by atoms with Gasteiger partial charge in [0.05, 0.1) is 12.4 Å². The number of rotatable bonds is 8. The number of halogens is 1. The van der Waals surface area contributed by atoms with Crippen LogP contribution in [0.1, 0.15) is 12.7 Å². The first kappa shape index (κ1) is 24.5. The second kappa shape index (κ2) is 11.7. The van der Waals surface area contributed by atoms with Crippen molar-refractivity contribution in [3.05, 3.63) is 66.2 Å². The standard InChI is InChI=1S/C24H26FN5O4S/c1-2-33-24(32)29-14-12-28(13-15-29)22(31)17-35-23-27-26-21(30(23)18-8-4-3-5-9-18)16-34-20-11-7-6-10-19(20)25/h3-11H,2,12-17H2,1H3. The molecule has 0 unspecified atom stereocenters. The number of hydrogen-bond donors (Lipinski definition) is 0. The summed E-state index contributed by atoms with van der Waals surface area (Å²) >= 11 is 1.27. The molecule has 0 atom stereocenters. The fourth-order valence-electron chi connectivity index (χ4n) is 3.60. The van der Waals surface area contributed by atoms with Gasteiger partial charge in [0.15, 0.2) is 22.5 Å². The highest BCUT2D eigenvalue weighted by molar-refractivity contribution is 7.99. The molecular formula is C24H26FN5O4S. The highest BCUT2D eigenvalue weighted by Crippen LogP contribution is 2.24. The minimum Gasteiger partial charge on any atom is -0.483 e. The van der Waals surface area contributed by atoms with E-state index in [9.17, 15) is 14.0 Å². The van der Waals surface area contributed by atoms with E-state index in [2.05, 4.69) is 10.2 Å². The number of nitrogens with zero attached hydrogens (tertiary/aromatic N) is 5. The number of piperazine rings is 1. The van der Waals surface area contributed by atoms with E-state index in [0.29, 0.717) is 43.8 Å². The Labute approximate surface area is 206 Å². The summed E-state index contributed by atoms with van der Waals surface area (Å²) in [4.78, 5) is 28.0. The average molecular weight is 500 g/mol. The molecule has 0 bridgehead atoms. The Bertz CT molecular complexity index is 1150. The molecule has 0 N–H and O–H groups in total. The van der Waals surface area contributed by atoms with Gasteiger partial charge >= 0.3 is 6.09 Å². The van der Waals surface area contributed by atoms with Crippen LogP contribution >= 0.6 is 11.8 Å². The average Bonchev–Trinajstić information content (AvgIpc) is 3.30. The number of aromatic nitrogens is 3. The normalized spacial score (nSPS) is 13.5. The molecule has 2 heterocycles. The van der Waals surface area contributed by atoms with E-state index in [0.717, 1.165) is 5.69 Å². The van der Waals surface area contributed by atoms with Gasteiger partial charge in [-0.15, -0.1) is 10.2 Å². The zero-order chi connectivity index (χ0) is 24.6. The number of carbonyl (C=O) groups excluding carboxylic acids is 2. The molecule has 11 heteroatoms. The van der Waals surface area contributed by atoms with Crippen LogP contribution in [0.15, 0.2) is 59.8 Å². The largest absolute Gasteiger partial charge is 0.483 e. The van der Waals surface area contributed by atoms with Crippen molar-refractivity contribution < 1.29 is 23.5 Å². The Balaban J connectivity index is 1.42. The minimum atomic E-state index is -0.457. The quantitative estimate of drug-likeness (QED) is 0.439. The topological polar surface area (TPSA) is 89.8 Å². The smallest absolute Gasteiger partial charge is 0.409 e. The maximum Gasteiger partial charge on any atom is 0.409 e. The van der Waals surface area contributed by atoms with Crippen molar-refractivity contribution in [3.63, 3.8) is 0 Å². The first-order chi connectivity index (χ1) is 17.1. The van der Waals surface area contributed by atoms with Crippen LogP contribution in [0.25, 0.3) is 5.69 Å². The van der Waals surface area contributed by atoms with Crippen molar-refractivity contribution in [3.8, 4) is 11.4 Å². The third-order valence-electron chi connectivity index (χ3n) is 5.39. The maximum atomic E-state index is 14.0. The summed E-state index contributed by atoms with van der Waals surface area (Å²) in [6.07, 6.45) is -0.352. The van der Waals surface area contributed by atoms with Gasteiger partial charge in [-0.3, -0.25) is 9.36 Å². The van der Waals surface area contributed by atoms with Crippen molar-refractivity contribution in [1.82, 2.24) is 24.6 Å². The molecule has 1 aromatic heterocycles. The number of ether oxygens (including phenoxy) is 2. The van der Waals surface area contributed by atoms with Gasteiger partial charge in [-0.05, 0) is 31.2 Å². The van der Waals surface area contributed by atoms with Gasteiger partial charge in [-0.25, -0.2) is 9.18 Å². The zero-order valence-corrected chi connectivity index (χ0v) is 20.1. The zero-order valence-electron chi connectivity index (χ0n) is 19.3. The molecule has 1 aliphatic heterocycles. The summed E-state index contributed by atoms with van der Waals surface area (Å²) in [7, 11) is 0. The van der Waals surface area contributed by atoms with Gasteiger partial charge in [-0.1, -0.05) is 42.1 Å². The van der Waals surface area contributed by atoms with Crippen LogP contribution in [0.3, 0.4) is 0 Å². The molecular weight excluding hydrogens is 473 g/mol. The van der Waals surface area contributed by atoms with E-state index < -0.39 is 5.82 Å². The lowest BCUT2D eigenvalue weighted by atomic mass is 10.3. The highest BCUT2D eigenvalue weighted by Gasteiger charge is 2.25. The van der Waals surface area contributed by atoms with Gasteiger partial charge in [0.2, 0.25) is 5.91 Å². The lowest BCUT2D eigenvalue weighted by Gasteiger charge is -2.34. The Morgan fingerprint density at radius 1 is 0.971 bits per heavy atom. The number of carbonyl (C=O) groups is 2. The fraction of sp³-hybridized carbons (Fsp3) is 0.333. The SMILES string of the molecule is CCOC(=O)N1CCN(C(=O)CSc2nnc(COc3ccccc3F)n2-c2ccccc2)CC1. The second-order valence-corrected chi connectivity index (χ2v) is 8.59. The van der Waals surface area contributed by atoms with Crippen LogP contribution in [0, 0.1) is 5.82 Å². The van der Waals surface area contributed by atoms with Gasteiger partial charge in [0.25, 0.3) is 0 Å². The van der Waals surface area contributed by atoms with Crippen LogP contribution in [0.4, 0.5) is 9.18 Å². The van der Waals surface area contributed by atoms with Crippen molar-refractivity contribution in [2.75, 3.05) is 38.5 Å². The molecule has 184 valence electrons. The molecule has 3 aromatic rings. The Hall–Kier alpha value is -3.60. The van der Waals surface area contributed by atoms with Crippen molar-refractivity contribution in [1.29, 1.82) is 0 Å². The molecule has 35 heavy (non-hydrogen) atoms. The second-order valence-electron chi connectivity index (χ2n) is 7.64. The number of benzene rings is 2. The molecule has 9 nitrogen and oxygen atoms in total. The molecule has 4 rings (SSSR count). The number of hydrogen-bond acceptors (Lipinski definition) is 7. The molecule has 2 amide bonds. The fourth-order valence-corrected chi connectivity index (χ4v) is 4.47. The Morgan fingerprint density at radius 2 is 1.66 bits per heavy atom. The van der Waals surface area contributed by atoms with Crippen molar-refractivity contribution in [2.24, 2.45) is 0 Å². The Morgan fingerprint density at radius 3 is 2.37 bits per heavy atom. The first-order valence-electron chi connectivity index (χ1n) is 11.3. The van der Waals surface area contributed by atoms with E-state index in [-0.39, 0.29) is 30.1 Å². The van der Waals surface area contributed by atoms with E-state index in [1.807, 2.05) is 30.3 Å². The van der Waals surface area contributed by atoms with E-state index in [1.165, 1.54) is 17.8 Å². The molecule has 0 radical (unpaired) electrons. The lowest BCUT2D eigenvalue weighted by molar-refractivity contribution is -0.129. The van der Waals surface area contributed by atoms with Gasteiger partial charge in [0.1, 0.15) is 6.61 Å². The van der Waals surface area contributed by atoms with E-state index in [1.54, 1.807) is 39.5 Å². The summed E-state index contributed by atoms with van der Waals surface area (Å²) < 4.78 is 26.4. The highest BCUT2D eigenvalue weighted by atomic mass is 32.2. The summed E-state index contributed by atoms with van der Waals surface area (Å²) in [5.74, 6) is 0.268. The molecule has 0 spiro atoms. The predicted molar refractivity (Wildman–Crippen MR) is 128 cm³/mol. The monoisotopic (exact) mass is 499 g/mol. The summed E-state index contributed by atoms with van der Waals surface area (Å²) in [5, 5.41) is 9.03. The third-order valence-corrected chi connectivity index (χ3v) is 6.31. The minimum absolute atomic E-state index is 0.00710. The molecule has 0 saturated carbocycles. The molecule has 1 saturated heterocycles. The summed E-state index contributed by atoms with van der Waals surface area (Å²) in [6, 6.07) is 15.6. The van der Waals surface area contributed by atoms with Gasteiger partial charge in [-0.2, -0.15) is 0 Å². The molecule has 0 aliphatic carbocycles. The number of amides is 2. The van der Waals surface area contributed by atoms with Gasteiger partial charge in [0, 0.05) is 31.9 Å². The van der Waals surface area contributed by atoms with Crippen LogP contribution < -0.4 is 4.74 Å². The van der Waals surface area contributed by atoms with Gasteiger partial charge < -0.3 is 19.3 Å². The molecule has 2 aromatic carbocycles. The molecule has 1 aliphatic rings. The predicted octanol–water partition coefficient (Wildman–Crippen LogP) is 3.38. The van der Waals surface area contributed by atoms with Crippen LogP contribution in [-0.2, 0) is 16.1 Å². The van der Waals surface area contributed by atoms with Crippen molar-refractivity contribution >= 4 is 23.8 Å². The first-order valence-corrected chi connectivity index (χ1v) is 12.2. The maximum absolute atomic E-state index is 14.0. The lowest BCUT2D eigenvalue weighted by Crippen LogP contribution is -2.51. The van der Waals surface area contributed by atoms with Crippen LogP contribution in [-0.4, -0.2) is 75.1 Å². The van der Waals surface area contributed by atoms with Crippen molar-refractivity contribution in [2.45, 2.75) is 18.7 Å². The van der Waals surface area contributed by atoms with E-state index >= 15 is 0 Å². The van der Waals surface area contributed by atoms with Crippen LogP contribution in [0.2, 0.25) is 0 Å². The number of para-hydroxylation sites is 2. The van der Waals surface area contributed by atoms with Crippen LogP contribution in [0.5, 0.6) is 5.75 Å². The summed E-state index contributed by atoms with van der Waals surface area (Å²) in [5.41, 5.74) is 0.808. The van der Waals surface area contributed by atoms with E-state index in [4.69, 9.17) is 9.47 Å². The summed E-state index contributed by atoms with van der Waals surface area (Å²) in [6.45, 7) is 3.87. The molecule has 1 fully saturated rings. The number of thioether (sulfide) groups is 1. The Kier molecular flexibility index (Phi) is 8.19.